The molecule has 0 radical (unpaired) electrons. The summed E-state index contributed by atoms with van der Waals surface area (Å²) in [6.07, 6.45) is 3.00. The van der Waals surface area contributed by atoms with Gasteiger partial charge in [-0.25, -0.2) is 0 Å². The zero-order valence-electron chi connectivity index (χ0n) is 11.8. The second kappa shape index (κ2) is 6.37. The predicted octanol–water partition coefficient (Wildman–Crippen LogP) is 1.13. The molecular weight excluding hydrogens is 250 g/mol. The van der Waals surface area contributed by atoms with Crippen LogP contribution in [-0.2, 0) is 11.3 Å². The van der Waals surface area contributed by atoms with Gasteiger partial charge in [-0.1, -0.05) is 30.3 Å². The molecule has 1 aromatic rings. The first-order valence-electron chi connectivity index (χ1n) is 7.58. The molecule has 2 saturated heterocycles. The lowest BCUT2D eigenvalue weighted by Gasteiger charge is -2.33. The molecule has 108 valence electrons. The number of carbonyl (C=O) groups is 1. The van der Waals surface area contributed by atoms with Gasteiger partial charge in [-0.2, -0.15) is 0 Å². The predicted molar refractivity (Wildman–Crippen MR) is 79.3 cm³/mol. The lowest BCUT2D eigenvalue weighted by molar-refractivity contribution is -0.119. The van der Waals surface area contributed by atoms with Crippen molar-refractivity contribution in [3.63, 3.8) is 0 Å². The molecule has 1 atom stereocenters. The summed E-state index contributed by atoms with van der Waals surface area (Å²) in [5, 5.41) is 6.51. The van der Waals surface area contributed by atoms with E-state index in [2.05, 4.69) is 45.9 Å². The molecule has 0 spiro atoms. The number of benzene rings is 1. The molecule has 4 nitrogen and oxygen atoms in total. The molecule has 0 aliphatic carbocycles. The number of hydrogen-bond donors (Lipinski definition) is 2. The molecule has 2 fully saturated rings. The summed E-state index contributed by atoms with van der Waals surface area (Å²) in [6, 6.07) is 11.6. The molecule has 2 aliphatic rings. The van der Waals surface area contributed by atoms with Gasteiger partial charge in [0, 0.05) is 31.6 Å². The van der Waals surface area contributed by atoms with Crippen LogP contribution in [0.4, 0.5) is 0 Å². The van der Waals surface area contributed by atoms with Crippen molar-refractivity contribution in [1.82, 2.24) is 15.5 Å². The fraction of sp³-hybridized carbons (Fsp3) is 0.562. The van der Waals surface area contributed by atoms with Gasteiger partial charge in [0.05, 0.1) is 0 Å². The van der Waals surface area contributed by atoms with E-state index in [9.17, 15) is 4.79 Å². The molecule has 3 rings (SSSR count). The van der Waals surface area contributed by atoms with Crippen LogP contribution in [0.15, 0.2) is 30.3 Å². The van der Waals surface area contributed by atoms with E-state index in [0.29, 0.717) is 18.5 Å². The van der Waals surface area contributed by atoms with Crippen molar-refractivity contribution in [2.75, 3.05) is 19.6 Å². The lowest BCUT2D eigenvalue weighted by atomic mass is 10.0. The summed E-state index contributed by atoms with van der Waals surface area (Å²) in [5.41, 5.74) is 1.39. The monoisotopic (exact) mass is 273 g/mol. The first-order chi connectivity index (χ1) is 9.79. The zero-order chi connectivity index (χ0) is 13.8. The molecule has 4 heteroatoms. The fourth-order valence-electron chi connectivity index (χ4n) is 3.16. The van der Waals surface area contributed by atoms with E-state index in [-0.39, 0.29) is 5.91 Å². The highest BCUT2D eigenvalue weighted by molar-refractivity contribution is 5.78. The largest absolute Gasteiger partial charge is 0.354 e. The van der Waals surface area contributed by atoms with Crippen molar-refractivity contribution in [3.05, 3.63) is 35.9 Å². The van der Waals surface area contributed by atoms with Gasteiger partial charge in [0.2, 0.25) is 5.91 Å². The van der Waals surface area contributed by atoms with Crippen LogP contribution in [0.1, 0.15) is 24.8 Å². The fourth-order valence-corrected chi connectivity index (χ4v) is 3.16. The van der Waals surface area contributed by atoms with Crippen molar-refractivity contribution in [1.29, 1.82) is 0 Å². The maximum atomic E-state index is 11.2. The minimum absolute atomic E-state index is 0.184. The standard InChI is InChI=1S/C16H23N3O/c20-16-10-15(11-17-16)18-14-6-8-19(9-7-14)12-13-4-2-1-3-5-13/h1-5,14-15,18H,6-12H2,(H,17,20). The minimum atomic E-state index is 0.184. The third-order valence-corrected chi connectivity index (χ3v) is 4.29. The van der Waals surface area contributed by atoms with Gasteiger partial charge in [0.25, 0.3) is 0 Å². The molecule has 0 saturated carbocycles. The van der Waals surface area contributed by atoms with Crippen molar-refractivity contribution < 1.29 is 4.79 Å². The second-order valence-electron chi connectivity index (χ2n) is 5.91. The lowest BCUT2D eigenvalue weighted by Crippen LogP contribution is -2.46. The van der Waals surface area contributed by atoms with Crippen LogP contribution in [0.2, 0.25) is 0 Å². The summed E-state index contributed by atoms with van der Waals surface area (Å²) in [5.74, 6) is 0.184. The summed E-state index contributed by atoms with van der Waals surface area (Å²) < 4.78 is 0. The van der Waals surface area contributed by atoms with Crippen LogP contribution < -0.4 is 10.6 Å². The Hall–Kier alpha value is -1.39. The Morgan fingerprint density at radius 2 is 1.90 bits per heavy atom. The summed E-state index contributed by atoms with van der Waals surface area (Å²) in [7, 11) is 0. The number of amides is 1. The number of likely N-dealkylation sites (tertiary alicyclic amines) is 1. The van der Waals surface area contributed by atoms with Crippen molar-refractivity contribution in [3.8, 4) is 0 Å². The minimum Gasteiger partial charge on any atom is -0.354 e. The first-order valence-corrected chi connectivity index (χ1v) is 7.58. The summed E-state index contributed by atoms with van der Waals surface area (Å²) >= 11 is 0. The highest BCUT2D eigenvalue weighted by atomic mass is 16.1. The maximum absolute atomic E-state index is 11.2. The topological polar surface area (TPSA) is 44.4 Å². The maximum Gasteiger partial charge on any atom is 0.221 e. The van der Waals surface area contributed by atoms with Crippen LogP contribution >= 0.6 is 0 Å². The van der Waals surface area contributed by atoms with Gasteiger partial charge in [-0.15, -0.1) is 0 Å². The Kier molecular flexibility index (Phi) is 4.33. The first kappa shape index (κ1) is 13.6. The number of nitrogens with zero attached hydrogens (tertiary/aromatic N) is 1. The molecule has 1 unspecified atom stereocenters. The summed E-state index contributed by atoms with van der Waals surface area (Å²) in [6.45, 7) is 4.13. The Morgan fingerprint density at radius 1 is 1.15 bits per heavy atom. The number of piperidine rings is 1. The third kappa shape index (κ3) is 3.58. The highest BCUT2D eigenvalue weighted by Gasteiger charge is 2.26. The Bertz CT molecular complexity index is 440. The van der Waals surface area contributed by atoms with E-state index in [1.807, 2.05) is 0 Å². The molecule has 2 aliphatic heterocycles. The molecule has 0 aromatic heterocycles. The van der Waals surface area contributed by atoms with Crippen molar-refractivity contribution in [2.24, 2.45) is 0 Å². The number of carbonyl (C=O) groups excluding carboxylic acids is 1. The van der Waals surface area contributed by atoms with Gasteiger partial charge in [-0.05, 0) is 31.5 Å². The quantitative estimate of drug-likeness (QED) is 0.864. The summed E-state index contributed by atoms with van der Waals surface area (Å²) in [4.78, 5) is 13.7. The molecule has 2 heterocycles. The van der Waals surface area contributed by atoms with E-state index in [4.69, 9.17) is 0 Å². The van der Waals surface area contributed by atoms with Gasteiger partial charge < -0.3 is 10.6 Å². The smallest absolute Gasteiger partial charge is 0.221 e. The Morgan fingerprint density at radius 3 is 2.55 bits per heavy atom. The second-order valence-corrected chi connectivity index (χ2v) is 5.91. The SMILES string of the molecule is O=C1CC(NC2CCN(Cc3ccccc3)CC2)CN1. The Balaban J connectivity index is 1.42. The van der Waals surface area contributed by atoms with Gasteiger partial charge in [0.1, 0.15) is 0 Å². The van der Waals surface area contributed by atoms with Gasteiger partial charge in [-0.3, -0.25) is 9.69 Å². The molecule has 1 amide bonds. The molecule has 1 aromatic carbocycles. The number of hydrogen-bond acceptors (Lipinski definition) is 3. The van der Waals surface area contributed by atoms with Crippen LogP contribution in [0.5, 0.6) is 0 Å². The van der Waals surface area contributed by atoms with E-state index >= 15 is 0 Å². The number of rotatable bonds is 4. The number of nitrogens with one attached hydrogen (secondary N) is 2. The van der Waals surface area contributed by atoms with Gasteiger partial charge >= 0.3 is 0 Å². The zero-order valence-corrected chi connectivity index (χ0v) is 11.8. The van der Waals surface area contributed by atoms with E-state index < -0.39 is 0 Å². The van der Waals surface area contributed by atoms with Crippen LogP contribution in [0.3, 0.4) is 0 Å². The van der Waals surface area contributed by atoms with E-state index in [1.165, 1.54) is 18.4 Å². The van der Waals surface area contributed by atoms with E-state index in [0.717, 1.165) is 26.2 Å². The van der Waals surface area contributed by atoms with Crippen LogP contribution in [0.25, 0.3) is 0 Å². The molecule has 20 heavy (non-hydrogen) atoms. The van der Waals surface area contributed by atoms with E-state index in [1.54, 1.807) is 0 Å². The van der Waals surface area contributed by atoms with Crippen LogP contribution in [0, 0.1) is 0 Å². The Labute approximate surface area is 120 Å². The van der Waals surface area contributed by atoms with Crippen LogP contribution in [-0.4, -0.2) is 42.5 Å². The highest BCUT2D eigenvalue weighted by Crippen LogP contribution is 2.15. The molecule has 2 N–H and O–H groups in total. The average Bonchev–Trinajstić information content (AvgIpc) is 2.88. The third-order valence-electron chi connectivity index (χ3n) is 4.29. The van der Waals surface area contributed by atoms with Crippen molar-refractivity contribution >= 4 is 5.91 Å². The normalized spacial score (nSPS) is 24.8. The molecular formula is C16H23N3O. The molecule has 0 bridgehead atoms. The van der Waals surface area contributed by atoms with Crippen molar-refractivity contribution in [2.45, 2.75) is 37.9 Å². The van der Waals surface area contributed by atoms with Gasteiger partial charge in [0.15, 0.2) is 0 Å². The average molecular weight is 273 g/mol.